The molecule has 96 valence electrons. The first-order chi connectivity index (χ1) is 8.06. The topological polar surface area (TPSA) is 80.8 Å². The van der Waals surface area contributed by atoms with Crippen LogP contribution in [0.4, 0.5) is 0 Å². The summed E-state index contributed by atoms with van der Waals surface area (Å²) in [5, 5.41) is 8.51. The number of nitriles is 1. The number of nitrogens with zero attached hydrogens (tertiary/aromatic N) is 1. The number of carbonyl (C=O) groups is 2. The predicted octanol–water partition coefficient (Wildman–Crippen LogP) is -1.09. The van der Waals surface area contributed by atoms with Gasteiger partial charge in [-0.15, -0.1) is 0 Å². The lowest BCUT2D eigenvalue weighted by Gasteiger charge is -2.17. The van der Waals surface area contributed by atoms with E-state index in [1.54, 1.807) is 0 Å². The number of rotatable bonds is 8. The maximum atomic E-state index is 10.6. The molecule has 0 radical (unpaired) electrons. The Balaban J connectivity index is 3.83. The molecule has 6 nitrogen and oxygen atoms in total. The molecule has 0 heterocycles. The first-order valence-corrected chi connectivity index (χ1v) is 5.53. The van der Waals surface area contributed by atoms with Gasteiger partial charge in [-0.05, 0) is 0 Å². The Labute approximate surface area is 101 Å². The van der Waals surface area contributed by atoms with Crippen molar-refractivity contribution in [3.05, 3.63) is 0 Å². The van der Waals surface area contributed by atoms with Crippen molar-refractivity contribution in [2.24, 2.45) is 0 Å². The zero-order chi connectivity index (χ0) is 13.1. The quantitative estimate of drug-likeness (QED) is 0.548. The van der Waals surface area contributed by atoms with Crippen molar-refractivity contribution in [2.45, 2.75) is 20.3 Å². The Hall–Kier alpha value is -1.61. The third kappa shape index (κ3) is 10.7. The molecule has 0 unspecified atom stereocenters. The number of hydrogen-bond donors (Lipinski definition) is 1. The Morgan fingerprint density at radius 1 is 1.06 bits per heavy atom. The molecule has 0 aliphatic heterocycles. The van der Waals surface area contributed by atoms with Crippen LogP contribution in [0.1, 0.15) is 20.3 Å². The maximum absolute atomic E-state index is 10.6. The number of quaternary nitrogens is 1. The SMILES string of the molecule is CC(=O)OCC[NH+](CCC#N)CCOC(C)=O. The van der Waals surface area contributed by atoms with E-state index in [4.69, 9.17) is 14.7 Å². The molecule has 0 atom stereocenters. The highest BCUT2D eigenvalue weighted by molar-refractivity contribution is 5.66. The Kier molecular flexibility index (Phi) is 8.69. The zero-order valence-electron chi connectivity index (χ0n) is 10.3. The van der Waals surface area contributed by atoms with Crippen molar-refractivity contribution < 1.29 is 24.0 Å². The molecule has 0 bridgehead atoms. The molecule has 0 fully saturated rings. The smallest absolute Gasteiger partial charge is 0.302 e. The lowest BCUT2D eigenvalue weighted by atomic mass is 10.4. The van der Waals surface area contributed by atoms with Crippen molar-refractivity contribution in [1.82, 2.24) is 0 Å². The van der Waals surface area contributed by atoms with E-state index in [1.165, 1.54) is 13.8 Å². The summed E-state index contributed by atoms with van der Waals surface area (Å²) >= 11 is 0. The van der Waals surface area contributed by atoms with E-state index in [2.05, 4.69) is 6.07 Å². The van der Waals surface area contributed by atoms with Crippen molar-refractivity contribution in [3.63, 3.8) is 0 Å². The van der Waals surface area contributed by atoms with Crippen LogP contribution in [0.25, 0.3) is 0 Å². The van der Waals surface area contributed by atoms with E-state index in [9.17, 15) is 9.59 Å². The van der Waals surface area contributed by atoms with E-state index in [-0.39, 0.29) is 11.9 Å². The van der Waals surface area contributed by atoms with Crippen LogP contribution in [0.15, 0.2) is 0 Å². The second-order valence-electron chi connectivity index (χ2n) is 3.59. The van der Waals surface area contributed by atoms with Gasteiger partial charge in [0.05, 0.1) is 19.0 Å². The van der Waals surface area contributed by atoms with Crippen molar-refractivity contribution in [3.8, 4) is 6.07 Å². The maximum Gasteiger partial charge on any atom is 0.302 e. The molecule has 0 aromatic rings. The molecule has 0 amide bonds. The number of esters is 2. The molecular formula is C11H19N2O4+. The van der Waals surface area contributed by atoms with Gasteiger partial charge in [0.2, 0.25) is 0 Å². The summed E-state index contributed by atoms with van der Waals surface area (Å²) in [7, 11) is 0. The van der Waals surface area contributed by atoms with Gasteiger partial charge >= 0.3 is 11.9 Å². The summed E-state index contributed by atoms with van der Waals surface area (Å²) in [6, 6.07) is 2.06. The molecule has 0 aliphatic rings. The molecule has 0 spiro atoms. The molecule has 0 aromatic heterocycles. The van der Waals surface area contributed by atoms with Gasteiger partial charge in [0.15, 0.2) is 0 Å². The highest BCUT2D eigenvalue weighted by Gasteiger charge is 2.09. The number of carbonyl (C=O) groups excluding carboxylic acids is 2. The van der Waals surface area contributed by atoms with Gasteiger partial charge in [-0.25, -0.2) is 0 Å². The van der Waals surface area contributed by atoms with Crippen LogP contribution in [-0.2, 0) is 19.1 Å². The molecule has 0 rings (SSSR count). The van der Waals surface area contributed by atoms with Crippen molar-refractivity contribution in [1.29, 1.82) is 5.26 Å². The highest BCUT2D eigenvalue weighted by Crippen LogP contribution is 1.75. The Bertz CT molecular complexity index is 266. The minimum atomic E-state index is -0.315. The summed E-state index contributed by atoms with van der Waals surface area (Å²) in [4.78, 5) is 22.3. The molecule has 0 aliphatic carbocycles. The van der Waals surface area contributed by atoms with Crippen LogP contribution < -0.4 is 4.90 Å². The van der Waals surface area contributed by atoms with Gasteiger partial charge < -0.3 is 14.4 Å². The average Bonchev–Trinajstić information content (AvgIpc) is 2.24. The van der Waals surface area contributed by atoms with Crippen LogP contribution in [0.3, 0.4) is 0 Å². The highest BCUT2D eigenvalue weighted by atomic mass is 16.5. The molecule has 0 aromatic carbocycles. The summed E-state index contributed by atoms with van der Waals surface area (Å²) in [6.45, 7) is 5.22. The average molecular weight is 243 g/mol. The van der Waals surface area contributed by atoms with Crippen molar-refractivity contribution >= 4 is 11.9 Å². The van der Waals surface area contributed by atoms with E-state index >= 15 is 0 Å². The third-order valence-electron chi connectivity index (χ3n) is 2.11. The number of nitrogens with one attached hydrogen (secondary N) is 1. The van der Waals surface area contributed by atoms with Crippen LogP contribution >= 0.6 is 0 Å². The standard InChI is InChI=1S/C11H18N2O4/c1-10(14)16-8-6-13(5-3-4-12)7-9-17-11(2)15/h3,5-9H2,1-2H3/p+1. The first kappa shape index (κ1) is 15.4. The largest absolute Gasteiger partial charge is 0.460 e. The van der Waals surface area contributed by atoms with Gasteiger partial charge in [0.25, 0.3) is 0 Å². The van der Waals surface area contributed by atoms with Gasteiger partial charge in [-0.1, -0.05) is 0 Å². The Morgan fingerprint density at radius 3 is 1.88 bits per heavy atom. The predicted molar refractivity (Wildman–Crippen MR) is 59.1 cm³/mol. The van der Waals surface area contributed by atoms with Gasteiger partial charge in [-0.3, -0.25) is 9.59 Å². The molecule has 17 heavy (non-hydrogen) atoms. The fourth-order valence-electron chi connectivity index (χ4n) is 1.29. The molecule has 6 heteroatoms. The van der Waals surface area contributed by atoms with E-state index in [0.29, 0.717) is 39.3 Å². The summed E-state index contributed by atoms with van der Waals surface area (Å²) in [5.74, 6) is -0.630. The van der Waals surface area contributed by atoms with Crippen LogP contribution in [0, 0.1) is 11.3 Å². The first-order valence-electron chi connectivity index (χ1n) is 5.53. The second kappa shape index (κ2) is 9.60. The number of ether oxygens (including phenoxy) is 2. The summed E-state index contributed by atoms with van der Waals surface area (Å²) in [5.41, 5.74) is 0. The lowest BCUT2D eigenvalue weighted by Crippen LogP contribution is -3.13. The van der Waals surface area contributed by atoms with Crippen molar-refractivity contribution in [2.75, 3.05) is 32.8 Å². The lowest BCUT2D eigenvalue weighted by molar-refractivity contribution is -0.899. The minimum Gasteiger partial charge on any atom is -0.460 e. The molecule has 0 saturated heterocycles. The van der Waals surface area contributed by atoms with Gasteiger partial charge in [0.1, 0.15) is 26.3 Å². The second-order valence-corrected chi connectivity index (χ2v) is 3.59. The fraction of sp³-hybridized carbons (Fsp3) is 0.727. The van der Waals surface area contributed by atoms with Crippen LogP contribution in [0.5, 0.6) is 0 Å². The van der Waals surface area contributed by atoms with Crippen LogP contribution in [-0.4, -0.2) is 44.8 Å². The molecule has 0 saturated carbocycles. The molecular weight excluding hydrogens is 224 g/mol. The zero-order valence-corrected chi connectivity index (χ0v) is 10.3. The number of hydrogen-bond acceptors (Lipinski definition) is 5. The summed E-state index contributed by atoms with van der Waals surface area (Å²) < 4.78 is 9.66. The normalized spacial score (nSPS) is 9.76. The Morgan fingerprint density at radius 2 is 1.53 bits per heavy atom. The van der Waals surface area contributed by atoms with Crippen LogP contribution in [0.2, 0.25) is 0 Å². The third-order valence-corrected chi connectivity index (χ3v) is 2.11. The van der Waals surface area contributed by atoms with E-state index in [0.717, 1.165) is 4.90 Å². The van der Waals surface area contributed by atoms with E-state index in [1.807, 2.05) is 0 Å². The molecule has 1 N–H and O–H groups in total. The fourth-order valence-corrected chi connectivity index (χ4v) is 1.29. The minimum absolute atomic E-state index is 0.315. The van der Waals surface area contributed by atoms with E-state index < -0.39 is 0 Å². The van der Waals surface area contributed by atoms with Gasteiger partial charge in [-0.2, -0.15) is 5.26 Å². The monoisotopic (exact) mass is 243 g/mol. The summed E-state index contributed by atoms with van der Waals surface area (Å²) in [6.07, 6.45) is 0.426. The van der Waals surface area contributed by atoms with Gasteiger partial charge in [0, 0.05) is 13.8 Å².